The van der Waals surface area contributed by atoms with Crippen molar-refractivity contribution in [2.45, 2.75) is 18.6 Å². The van der Waals surface area contributed by atoms with Crippen LogP contribution in [0, 0.1) is 0 Å². The minimum atomic E-state index is 0. The summed E-state index contributed by atoms with van der Waals surface area (Å²) in [5, 5.41) is 7.21. The molecule has 136 valence electrons. The number of nitrogens with one attached hydrogen (secondary N) is 2. The highest BCUT2D eigenvalue weighted by atomic mass is 35.5. The zero-order valence-corrected chi connectivity index (χ0v) is 15.8. The van der Waals surface area contributed by atoms with E-state index in [-0.39, 0.29) is 42.9 Å². The zero-order chi connectivity index (χ0) is 15.4. The Labute approximate surface area is 160 Å². The number of carbonyl (C=O) groups excluding carboxylic acids is 1. The van der Waals surface area contributed by atoms with Crippen LogP contribution in [0.5, 0.6) is 0 Å². The minimum Gasteiger partial charge on any atom is -0.375 e. The third-order valence-corrected chi connectivity index (χ3v) is 4.59. The average Bonchev–Trinajstić information content (AvgIpc) is 2.50. The van der Waals surface area contributed by atoms with E-state index in [1.54, 1.807) is 0 Å². The molecular formula is C16H24Cl3N3O2. The Morgan fingerprint density at radius 3 is 2.62 bits per heavy atom. The van der Waals surface area contributed by atoms with Crippen molar-refractivity contribution in [2.75, 3.05) is 39.3 Å². The summed E-state index contributed by atoms with van der Waals surface area (Å²) in [7, 11) is 0. The van der Waals surface area contributed by atoms with Gasteiger partial charge in [-0.1, -0.05) is 29.8 Å². The van der Waals surface area contributed by atoms with Gasteiger partial charge in [-0.2, -0.15) is 0 Å². The highest BCUT2D eigenvalue weighted by molar-refractivity contribution is 6.31. The summed E-state index contributed by atoms with van der Waals surface area (Å²) in [6.45, 7) is 4.54. The van der Waals surface area contributed by atoms with E-state index in [0.29, 0.717) is 24.6 Å². The summed E-state index contributed by atoms with van der Waals surface area (Å²) >= 11 is 6.30. The van der Waals surface area contributed by atoms with Crippen LogP contribution in [0.2, 0.25) is 5.02 Å². The first-order valence-corrected chi connectivity index (χ1v) is 8.20. The number of hydrogen-bond acceptors (Lipinski definition) is 4. The summed E-state index contributed by atoms with van der Waals surface area (Å²) in [6.07, 6.45) is 0.701. The molecule has 2 aliphatic rings. The molecule has 0 radical (unpaired) electrons. The van der Waals surface area contributed by atoms with Gasteiger partial charge in [-0.3, -0.25) is 4.79 Å². The van der Waals surface area contributed by atoms with Gasteiger partial charge in [0.15, 0.2) is 0 Å². The minimum absolute atomic E-state index is 0. The van der Waals surface area contributed by atoms with Crippen LogP contribution in [0.3, 0.4) is 0 Å². The number of piperazine rings is 1. The van der Waals surface area contributed by atoms with Crippen molar-refractivity contribution in [1.82, 2.24) is 15.5 Å². The molecule has 5 nitrogen and oxygen atoms in total. The van der Waals surface area contributed by atoms with Gasteiger partial charge in [-0.05, 0) is 11.6 Å². The Morgan fingerprint density at radius 1 is 1.21 bits per heavy atom. The second-order valence-electron chi connectivity index (χ2n) is 5.73. The summed E-state index contributed by atoms with van der Waals surface area (Å²) < 4.78 is 5.65. The van der Waals surface area contributed by atoms with Gasteiger partial charge in [0.25, 0.3) is 0 Å². The van der Waals surface area contributed by atoms with Crippen LogP contribution in [0.25, 0.3) is 0 Å². The number of hydrogen-bond donors (Lipinski definition) is 2. The predicted octanol–water partition coefficient (Wildman–Crippen LogP) is 2.03. The Kier molecular flexibility index (Phi) is 9.34. The Bertz CT molecular complexity index is 529. The van der Waals surface area contributed by atoms with E-state index in [1.807, 2.05) is 29.2 Å². The summed E-state index contributed by atoms with van der Waals surface area (Å²) in [6, 6.07) is 7.75. The molecule has 1 aromatic carbocycles. The van der Waals surface area contributed by atoms with Gasteiger partial charge in [0.05, 0.1) is 25.2 Å². The van der Waals surface area contributed by atoms with Crippen molar-refractivity contribution in [1.29, 1.82) is 0 Å². The molecule has 24 heavy (non-hydrogen) atoms. The molecular weight excluding hydrogens is 373 g/mol. The normalized spacial score (nSPS) is 20.5. The maximum Gasteiger partial charge on any atom is 0.225 e. The van der Waals surface area contributed by atoms with E-state index in [2.05, 4.69) is 10.6 Å². The highest BCUT2D eigenvalue weighted by Crippen LogP contribution is 2.28. The quantitative estimate of drug-likeness (QED) is 0.800. The predicted molar refractivity (Wildman–Crippen MR) is 100 cm³/mol. The zero-order valence-electron chi connectivity index (χ0n) is 13.4. The lowest BCUT2D eigenvalue weighted by Gasteiger charge is -2.37. The van der Waals surface area contributed by atoms with Crippen LogP contribution in [0.4, 0.5) is 0 Å². The highest BCUT2D eigenvalue weighted by Gasteiger charge is 2.29. The molecule has 0 aliphatic carbocycles. The van der Waals surface area contributed by atoms with E-state index in [0.717, 1.165) is 31.7 Å². The van der Waals surface area contributed by atoms with Crippen LogP contribution in [-0.4, -0.2) is 56.2 Å². The van der Waals surface area contributed by atoms with Crippen molar-refractivity contribution in [3.63, 3.8) is 0 Å². The average molecular weight is 397 g/mol. The van der Waals surface area contributed by atoms with E-state index in [9.17, 15) is 4.79 Å². The molecule has 2 heterocycles. The van der Waals surface area contributed by atoms with Crippen molar-refractivity contribution in [3.8, 4) is 0 Å². The number of carbonyl (C=O) groups is 1. The topological polar surface area (TPSA) is 53.6 Å². The van der Waals surface area contributed by atoms with E-state index < -0.39 is 0 Å². The maximum absolute atomic E-state index is 12.5. The lowest BCUT2D eigenvalue weighted by Crippen LogP contribution is -2.50. The Hall–Kier alpha value is -0.560. The van der Waals surface area contributed by atoms with Gasteiger partial charge in [-0.15, -0.1) is 24.8 Å². The van der Waals surface area contributed by atoms with Crippen molar-refractivity contribution >= 4 is 42.3 Å². The fraction of sp³-hybridized carbons (Fsp3) is 0.562. The van der Waals surface area contributed by atoms with Crippen LogP contribution in [-0.2, 0) is 9.53 Å². The molecule has 1 aromatic rings. The second-order valence-corrected chi connectivity index (χ2v) is 6.14. The summed E-state index contributed by atoms with van der Waals surface area (Å²) in [5.74, 6) is 0.138. The van der Waals surface area contributed by atoms with Crippen LogP contribution in [0.15, 0.2) is 24.3 Å². The van der Waals surface area contributed by atoms with Crippen LogP contribution < -0.4 is 10.6 Å². The molecule has 2 saturated heterocycles. The van der Waals surface area contributed by atoms with Gasteiger partial charge < -0.3 is 20.3 Å². The molecule has 0 aromatic heterocycles. The van der Waals surface area contributed by atoms with E-state index >= 15 is 0 Å². The van der Waals surface area contributed by atoms with Gasteiger partial charge >= 0.3 is 0 Å². The van der Waals surface area contributed by atoms with Crippen LogP contribution in [0.1, 0.15) is 18.0 Å². The molecule has 2 aliphatic heterocycles. The molecule has 8 heteroatoms. The SMILES string of the molecule is Cl.Cl.O=C(CCOC1CNC1)N1CCNCC1c1ccccc1Cl. The summed E-state index contributed by atoms with van der Waals surface area (Å²) in [4.78, 5) is 14.5. The van der Waals surface area contributed by atoms with Crippen molar-refractivity contribution < 1.29 is 9.53 Å². The first-order chi connectivity index (χ1) is 10.8. The Morgan fingerprint density at radius 2 is 1.96 bits per heavy atom. The molecule has 1 amide bonds. The van der Waals surface area contributed by atoms with Gasteiger partial charge in [0.1, 0.15) is 0 Å². The maximum atomic E-state index is 12.5. The third kappa shape index (κ3) is 5.22. The number of nitrogens with zero attached hydrogens (tertiary/aromatic N) is 1. The van der Waals surface area contributed by atoms with Crippen molar-refractivity contribution in [2.24, 2.45) is 0 Å². The first kappa shape index (κ1) is 21.5. The lowest BCUT2D eigenvalue weighted by molar-refractivity contribution is -0.136. The molecule has 0 bridgehead atoms. The Balaban J connectivity index is 0.00000144. The molecule has 2 N–H and O–H groups in total. The second kappa shape index (κ2) is 10.4. The smallest absolute Gasteiger partial charge is 0.225 e. The lowest BCUT2D eigenvalue weighted by atomic mass is 10.0. The fourth-order valence-electron chi connectivity index (χ4n) is 2.86. The third-order valence-electron chi connectivity index (χ3n) is 4.24. The number of benzene rings is 1. The molecule has 0 saturated carbocycles. The molecule has 3 rings (SSSR count). The number of ether oxygens (including phenoxy) is 1. The summed E-state index contributed by atoms with van der Waals surface area (Å²) in [5.41, 5.74) is 1.01. The van der Waals surface area contributed by atoms with Gasteiger partial charge in [0.2, 0.25) is 5.91 Å². The van der Waals surface area contributed by atoms with Crippen LogP contribution >= 0.6 is 36.4 Å². The molecule has 1 atom stereocenters. The molecule has 1 unspecified atom stereocenters. The van der Waals surface area contributed by atoms with Gasteiger partial charge in [0, 0.05) is 37.7 Å². The monoisotopic (exact) mass is 395 g/mol. The molecule has 0 spiro atoms. The molecule has 2 fully saturated rings. The number of halogens is 3. The van der Waals surface area contributed by atoms with E-state index in [1.165, 1.54) is 0 Å². The standard InChI is InChI=1S/C16H22ClN3O2.2ClH/c17-14-4-2-1-3-13(14)15-11-18-6-7-20(15)16(21)5-8-22-12-9-19-10-12;;/h1-4,12,15,18-19H,5-11H2;2*1H. The fourth-order valence-corrected chi connectivity index (χ4v) is 3.12. The number of rotatable bonds is 5. The van der Waals surface area contributed by atoms with Gasteiger partial charge in [-0.25, -0.2) is 0 Å². The largest absolute Gasteiger partial charge is 0.375 e. The first-order valence-electron chi connectivity index (χ1n) is 7.82. The number of amides is 1. The van der Waals surface area contributed by atoms with Crippen molar-refractivity contribution in [3.05, 3.63) is 34.9 Å². The van der Waals surface area contributed by atoms with E-state index in [4.69, 9.17) is 16.3 Å².